The highest BCUT2D eigenvalue weighted by atomic mass is 19.4. The van der Waals surface area contributed by atoms with Crippen LogP contribution < -0.4 is 0 Å². The smallest absolute Gasteiger partial charge is 0.196 e. The van der Waals surface area contributed by atoms with Crippen molar-refractivity contribution in [1.29, 1.82) is 0 Å². The molecule has 0 saturated carbocycles. The highest BCUT2D eigenvalue weighted by Gasteiger charge is 2.56. The molecule has 0 amide bonds. The van der Waals surface area contributed by atoms with Crippen molar-refractivity contribution < 1.29 is 22.0 Å². The molecule has 0 unspecified atom stereocenters. The van der Waals surface area contributed by atoms with Gasteiger partial charge in [0, 0.05) is 6.42 Å². The Hall–Kier alpha value is -0.610. The Balaban J connectivity index is 3.25. The van der Waals surface area contributed by atoms with Crippen molar-refractivity contribution in [1.82, 2.24) is 0 Å². The summed E-state index contributed by atoms with van der Waals surface area (Å²) in [5, 5.41) is 0. The fourth-order valence-corrected chi connectivity index (χ4v) is 2.72. The SMILES string of the molecule is C=CCCCCCCCCCCCCCCCC(F)(F)C(F)(F)F. The van der Waals surface area contributed by atoms with Gasteiger partial charge in [-0.2, -0.15) is 22.0 Å². The number of halogens is 5. The molecular formula is C19H33F5. The maximum atomic E-state index is 12.7. The van der Waals surface area contributed by atoms with Crippen LogP contribution in [0.3, 0.4) is 0 Å². The van der Waals surface area contributed by atoms with Crippen LogP contribution >= 0.6 is 0 Å². The van der Waals surface area contributed by atoms with Gasteiger partial charge in [0.25, 0.3) is 0 Å². The van der Waals surface area contributed by atoms with Crippen molar-refractivity contribution in [2.45, 2.75) is 108 Å². The number of alkyl halides is 5. The normalized spacial score (nSPS) is 12.5. The Bertz CT molecular complexity index is 297. The van der Waals surface area contributed by atoms with Crippen LogP contribution in [0.15, 0.2) is 12.7 Å². The molecule has 0 rings (SSSR count). The first-order valence-electron chi connectivity index (χ1n) is 9.36. The van der Waals surface area contributed by atoms with E-state index in [1.165, 1.54) is 44.9 Å². The number of allylic oxidation sites excluding steroid dienone is 1. The van der Waals surface area contributed by atoms with Crippen molar-refractivity contribution in [3.05, 3.63) is 12.7 Å². The van der Waals surface area contributed by atoms with Crippen molar-refractivity contribution in [3.63, 3.8) is 0 Å². The fraction of sp³-hybridized carbons (Fsp3) is 0.895. The lowest BCUT2D eigenvalue weighted by Gasteiger charge is -2.19. The van der Waals surface area contributed by atoms with Crippen molar-refractivity contribution in [3.8, 4) is 0 Å². The van der Waals surface area contributed by atoms with E-state index in [2.05, 4.69) is 6.58 Å². The predicted octanol–water partition coefficient (Wildman–Crippen LogP) is 8.22. The molecule has 0 saturated heterocycles. The minimum absolute atomic E-state index is 0.0572. The van der Waals surface area contributed by atoms with E-state index in [1.807, 2.05) is 6.08 Å². The van der Waals surface area contributed by atoms with Gasteiger partial charge in [-0.15, -0.1) is 6.58 Å². The van der Waals surface area contributed by atoms with Gasteiger partial charge in [0.2, 0.25) is 0 Å². The largest absolute Gasteiger partial charge is 0.453 e. The average Bonchev–Trinajstić information content (AvgIpc) is 2.50. The summed E-state index contributed by atoms with van der Waals surface area (Å²) >= 11 is 0. The van der Waals surface area contributed by atoms with Crippen molar-refractivity contribution in [2.75, 3.05) is 0 Å². The van der Waals surface area contributed by atoms with Crippen LogP contribution in [0.2, 0.25) is 0 Å². The predicted molar refractivity (Wildman–Crippen MR) is 90.5 cm³/mol. The molecule has 0 spiro atoms. The lowest BCUT2D eigenvalue weighted by molar-refractivity contribution is -0.284. The highest BCUT2D eigenvalue weighted by molar-refractivity contribution is 4.75. The van der Waals surface area contributed by atoms with Gasteiger partial charge in [-0.25, -0.2) is 0 Å². The Kier molecular flexibility index (Phi) is 13.3. The van der Waals surface area contributed by atoms with E-state index in [1.54, 1.807) is 0 Å². The zero-order valence-electron chi connectivity index (χ0n) is 14.8. The lowest BCUT2D eigenvalue weighted by Crippen LogP contribution is -2.36. The molecule has 0 aromatic rings. The van der Waals surface area contributed by atoms with Gasteiger partial charge in [0.05, 0.1) is 0 Å². The highest BCUT2D eigenvalue weighted by Crippen LogP contribution is 2.39. The molecule has 0 nitrogen and oxygen atoms in total. The standard InChI is InChI=1S/C19H33F5/c1-2-3-4-5-6-7-8-9-10-11-12-13-14-15-16-17-18(20,21)19(22,23)24/h2H,1,3-17H2. The van der Waals surface area contributed by atoms with Crippen LogP contribution in [0.5, 0.6) is 0 Å². The van der Waals surface area contributed by atoms with Crippen LogP contribution in [-0.2, 0) is 0 Å². The molecule has 0 heterocycles. The van der Waals surface area contributed by atoms with Gasteiger partial charge in [-0.05, 0) is 19.3 Å². The molecule has 0 aliphatic carbocycles. The van der Waals surface area contributed by atoms with E-state index in [4.69, 9.17) is 0 Å². The molecule has 0 aliphatic rings. The first-order valence-corrected chi connectivity index (χ1v) is 9.36. The van der Waals surface area contributed by atoms with E-state index in [0.717, 1.165) is 32.1 Å². The molecule has 24 heavy (non-hydrogen) atoms. The molecule has 5 heteroatoms. The van der Waals surface area contributed by atoms with Crippen LogP contribution in [-0.4, -0.2) is 12.1 Å². The number of unbranched alkanes of at least 4 members (excludes halogenated alkanes) is 13. The van der Waals surface area contributed by atoms with E-state index in [-0.39, 0.29) is 6.42 Å². The molecule has 0 fully saturated rings. The second-order valence-electron chi connectivity index (χ2n) is 6.63. The molecule has 0 atom stereocenters. The molecule has 0 radical (unpaired) electrons. The van der Waals surface area contributed by atoms with E-state index >= 15 is 0 Å². The quantitative estimate of drug-likeness (QED) is 0.148. The Morgan fingerprint density at radius 2 is 0.875 bits per heavy atom. The maximum Gasteiger partial charge on any atom is 0.453 e. The summed E-state index contributed by atoms with van der Waals surface area (Å²) in [5.41, 5.74) is 0. The molecule has 0 N–H and O–H groups in total. The number of hydrogen-bond acceptors (Lipinski definition) is 0. The summed E-state index contributed by atoms with van der Waals surface area (Å²) in [4.78, 5) is 0. The molecule has 144 valence electrons. The zero-order valence-corrected chi connectivity index (χ0v) is 14.8. The van der Waals surface area contributed by atoms with Gasteiger partial charge >= 0.3 is 12.1 Å². The monoisotopic (exact) mass is 356 g/mol. The van der Waals surface area contributed by atoms with Crippen molar-refractivity contribution in [2.24, 2.45) is 0 Å². The summed E-state index contributed by atoms with van der Waals surface area (Å²) in [5.74, 6) is -4.53. The van der Waals surface area contributed by atoms with Gasteiger partial charge in [-0.3, -0.25) is 0 Å². The third kappa shape index (κ3) is 12.8. The topological polar surface area (TPSA) is 0 Å². The molecule has 0 bridgehead atoms. The summed E-state index contributed by atoms with van der Waals surface area (Å²) < 4.78 is 61.2. The van der Waals surface area contributed by atoms with Gasteiger partial charge in [-0.1, -0.05) is 76.7 Å². The summed E-state index contributed by atoms with van der Waals surface area (Å²) in [6, 6.07) is 0. The van der Waals surface area contributed by atoms with E-state index in [0.29, 0.717) is 6.42 Å². The second-order valence-corrected chi connectivity index (χ2v) is 6.63. The van der Waals surface area contributed by atoms with Crippen LogP contribution in [0.25, 0.3) is 0 Å². The van der Waals surface area contributed by atoms with Crippen LogP contribution in [0, 0.1) is 0 Å². The molecule has 0 aromatic carbocycles. The molecule has 0 aromatic heterocycles. The zero-order chi connectivity index (χ0) is 18.3. The average molecular weight is 356 g/mol. The van der Waals surface area contributed by atoms with Gasteiger partial charge in [0.1, 0.15) is 0 Å². The van der Waals surface area contributed by atoms with E-state index in [9.17, 15) is 22.0 Å². The number of hydrogen-bond donors (Lipinski definition) is 0. The third-order valence-corrected chi connectivity index (χ3v) is 4.31. The third-order valence-electron chi connectivity index (χ3n) is 4.31. The molecular weight excluding hydrogens is 323 g/mol. The fourth-order valence-electron chi connectivity index (χ4n) is 2.72. The van der Waals surface area contributed by atoms with Crippen LogP contribution in [0.4, 0.5) is 22.0 Å². The number of rotatable bonds is 16. The molecule has 0 aliphatic heterocycles. The maximum absolute atomic E-state index is 12.7. The lowest BCUT2D eigenvalue weighted by atomic mass is 10.0. The summed E-state index contributed by atoms with van der Waals surface area (Å²) in [7, 11) is 0. The Morgan fingerprint density at radius 3 is 1.21 bits per heavy atom. The summed E-state index contributed by atoms with van der Waals surface area (Å²) in [6.45, 7) is 3.70. The van der Waals surface area contributed by atoms with Gasteiger partial charge in [0.15, 0.2) is 0 Å². The first kappa shape index (κ1) is 23.4. The minimum Gasteiger partial charge on any atom is -0.196 e. The summed E-state index contributed by atoms with van der Waals surface area (Å²) in [6.07, 6.45) is 9.62. The van der Waals surface area contributed by atoms with Crippen molar-refractivity contribution >= 4 is 0 Å². The van der Waals surface area contributed by atoms with E-state index < -0.39 is 18.5 Å². The van der Waals surface area contributed by atoms with Crippen LogP contribution in [0.1, 0.15) is 96.3 Å². The minimum atomic E-state index is -5.40. The Labute approximate surface area is 143 Å². The first-order chi connectivity index (χ1) is 11.3. The second kappa shape index (κ2) is 13.7. The van der Waals surface area contributed by atoms with Gasteiger partial charge < -0.3 is 0 Å². The Morgan fingerprint density at radius 1 is 0.542 bits per heavy atom.